The van der Waals surface area contributed by atoms with Crippen LogP contribution < -0.4 is 0 Å². The van der Waals surface area contributed by atoms with Crippen LogP contribution in [-0.2, 0) is 0 Å². The summed E-state index contributed by atoms with van der Waals surface area (Å²) in [4.78, 5) is 13.9. The Morgan fingerprint density at radius 2 is 1.88 bits per heavy atom. The van der Waals surface area contributed by atoms with Crippen molar-refractivity contribution in [2.75, 3.05) is 14.1 Å². The standard InChI is InChI=1S/C11H8Cl3NOS/c1-15(2)11(16)10-9(14)8-6(13)3-5(12)4-7(8)17-10/h3-4H,1-2H3. The lowest BCUT2D eigenvalue weighted by atomic mass is 10.2. The molecule has 0 saturated carbocycles. The van der Waals surface area contributed by atoms with Crippen molar-refractivity contribution >= 4 is 62.1 Å². The molecule has 0 unspecified atom stereocenters. The summed E-state index contributed by atoms with van der Waals surface area (Å²) < 4.78 is 0.817. The van der Waals surface area contributed by atoms with Crippen LogP contribution in [-0.4, -0.2) is 24.9 Å². The van der Waals surface area contributed by atoms with Gasteiger partial charge in [-0.15, -0.1) is 11.3 Å². The Bertz CT molecular complexity index is 606. The molecule has 2 aromatic rings. The van der Waals surface area contributed by atoms with Gasteiger partial charge >= 0.3 is 0 Å². The Morgan fingerprint density at radius 3 is 2.47 bits per heavy atom. The first-order valence-electron chi connectivity index (χ1n) is 4.70. The molecule has 0 radical (unpaired) electrons. The van der Waals surface area contributed by atoms with Gasteiger partial charge in [-0.1, -0.05) is 34.8 Å². The fourth-order valence-corrected chi connectivity index (χ4v) is 3.85. The number of fused-ring (bicyclic) bond motifs is 1. The third-order valence-electron chi connectivity index (χ3n) is 2.25. The van der Waals surface area contributed by atoms with Gasteiger partial charge < -0.3 is 4.90 Å². The van der Waals surface area contributed by atoms with Crippen LogP contribution in [0.25, 0.3) is 10.1 Å². The Hall–Kier alpha value is -0.480. The molecule has 6 heteroatoms. The molecule has 0 atom stereocenters. The molecule has 1 amide bonds. The van der Waals surface area contributed by atoms with Gasteiger partial charge in [0.25, 0.3) is 5.91 Å². The van der Waals surface area contributed by atoms with E-state index in [0.29, 0.717) is 25.3 Å². The number of nitrogens with zero attached hydrogens (tertiary/aromatic N) is 1. The van der Waals surface area contributed by atoms with Crippen LogP contribution >= 0.6 is 46.1 Å². The average molecular weight is 309 g/mol. The Labute approximate surface area is 118 Å². The van der Waals surface area contributed by atoms with Crippen molar-refractivity contribution in [3.8, 4) is 0 Å². The molecule has 0 fully saturated rings. The summed E-state index contributed by atoms with van der Waals surface area (Å²) in [6.45, 7) is 0. The summed E-state index contributed by atoms with van der Waals surface area (Å²) in [5.41, 5.74) is 0. The Morgan fingerprint density at radius 1 is 1.24 bits per heavy atom. The molecule has 0 aliphatic heterocycles. The molecule has 17 heavy (non-hydrogen) atoms. The number of benzene rings is 1. The van der Waals surface area contributed by atoms with Crippen LogP contribution in [0.5, 0.6) is 0 Å². The fourth-order valence-electron chi connectivity index (χ4n) is 1.45. The average Bonchev–Trinajstić information content (AvgIpc) is 2.54. The van der Waals surface area contributed by atoms with Crippen molar-refractivity contribution in [2.45, 2.75) is 0 Å². The highest BCUT2D eigenvalue weighted by Gasteiger charge is 2.20. The van der Waals surface area contributed by atoms with Gasteiger partial charge in [-0.05, 0) is 12.1 Å². The lowest BCUT2D eigenvalue weighted by Gasteiger charge is -2.08. The van der Waals surface area contributed by atoms with E-state index in [1.807, 2.05) is 0 Å². The summed E-state index contributed by atoms with van der Waals surface area (Å²) in [6.07, 6.45) is 0. The van der Waals surface area contributed by atoms with Crippen LogP contribution in [0.4, 0.5) is 0 Å². The Kier molecular flexibility index (Phi) is 3.55. The van der Waals surface area contributed by atoms with Gasteiger partial charge in [0.1, 0.15) is 4.88 Å². The van der Waals surface area contributed by atoms with Gasteiger partial charge in [0.2, 0.25) is 0 Å². The molecule has 90 valence electrons. The minimum Gasteiger partial charge on any atom is -0.344 e. The second-order valence-corrected chi connectivity index (χ2v) is 5.98. The quantitative estimate of drug-likeness (QED) is 0.756. The van der Waals surface area contributed by atoms with Crippen LogP contribution in [0.15, 0.2) is 12.1 Å². The summed E-state index contributed by atoms with van der Waals surface area (Å²) in [6, 6.07) is 3.37. The molecular formula is C11H8Cl3NOS. The number of hydrogen-bond acceptors (Lipinski definition) is 2. The maximum absolute atomic E-state index is 11.9. The number of hydrogen-bond donors (Lipinski definition) is 0. The lowest BCUT2D eigenvalue weighted by molar-refractivity contribution is 0.0832. The maximum atomic E-state index is 11.9. The minimum absolute atomic E-state index is 0.136. The van der Waals surface area contributed by atoms with E-state index in [1.54, 1.807) is 26.2 Å². The zero-order chi connectivity index (χ0) is 12.7. The second kappa shape index (κ2) is 4.65. The topological polar surface area (TPSA) is 20.3 Å². The smallest absolute Gasteiger partial charge is 0.264 e. The molecule has 0 aliphatic rings. The third-order valence-corrected chi connectivity index (χ3v) is 4.38. The Balaban J connectivity index is 2.73. The molecule has 2 rings (SSSR count). The highest BCUT2D eigenvalue weighted by Crippen LogP contribution is 2.41. The van der Waals surface area contributed by atoms with Gasteiger partial charge in [0, 0.05) is 29.2 Å². The van der Waals surface area contributed by atoms with Gasteiger partial charge in [-0.2, -0.15) is 0 Å². The number of halogens is 3. The zero-order valence-electron chi connectivity index (χ0n) is 9.05. The van der Waals surface area contributed by atoms with Crippen molar-refractivity contribution in [2.24, 2.45) is 0 Å². The molecule has 0 spiro atoms. The van der Waals surface area contributed by atoms with Crippen LogP contribution in [0.1, 0.15) is 9.67 Å². The highest BCUT2D eigenvalue weighted by molar-refractivity contribution is 7.21. The van der Waals surface area contributed by atoms with E-state index in [0.717, 1.165) is 4.70 Å². The summed E-state index contributed by atoms with van der Waals surface area (Å²) in [7, 11) is 3.36. The third kappa shape index (κ3) is 2.25. The van der Waals surface area contributed by atoms with E-state index in [2.05, 4.69) is 0 Å². The second-order valence-electron chi connectivity index (χ2n) is 3.71. The summed E-state index contributed by atoms with van der Waals surface area (Å²) >= 11 is 19.5. The van der Waals surface area contributed by atoms with Gasteiger partial charge in [0.05, 0.1) is 10.0 Å². The van der Waals surface area contributed by atoms with Crippen LogP contribution in [0.3, 0.4) is 0 Å². The van der Waals surface area contributed by atoms with E-state index in [4.69, 9.17) is 34.8 Å². The van der Waals surface area contributed by atoms with Gasteiger partial charge in [0.15, 0.2) is 0 Å². The predicted octanol–water partition coefficient (Wildman–Crippen LogP) is 4.56. The van der Waals surface area contributed by atoms with E-state index in [-0.39, 0.29) is 5.91 Å². The highest BCUT2D eigenvalue weighted by atomic mass is 35.5. The molecular weight excluding hydrogens is 301 g/mol. The van der Waals surface area contributed by atoms with Crippen molar-refractivity contribution in [3.63, 3.8) is 0 Å². The van der Waals surface area contributed by atoms with Gasteiger partial charge in [-0.3, -0.25) is 4.79 Å². The monoisotopic (exact) mass is 307 g/mol. The SMILES string of the molecule is CN(C)C(=O)c1sc2cc(Cl)cc(Cl)c2c1Cl. The molecule has 0 aliphatic carbocycles. The molecule has 0 bridgehead atoms. The summed E-state index contributed by atoms with van der Waals surface area (Å²) in [5, 5.41) is 2.08. The van der Waals surface area contributed by atoms with Gasteiger partial charge in [-0.25, -0.2) is 0 Å². The number of amides is 1. The molecule has 1 aromatic heterocycles. The predicted molar refractivity (Wildman–Crippen MR) is 74.9 cm³/mol. The first-order valence-corrected chi connectivity index (χ1v) is 6.65. The number of rotatable bonds is 1. The van der Waals surface area contributed by atoms with E-state index in [9.17, 15) is 4.79 Å². The first kappa shape index (κ1) is 13.0. The fraction of sp³-hybridized carbons (Fsp3) is 0.182. The normalized spacial score (nSPS) is 10.9. The summed E-state index contributed by atoms with van der Waals surface area (Å²) in [5.74, 6) is -0.136. The van der Waals surface area contributed by atoms with Crippen molar-refractivity contribution < 1.29 is 4.79 Å². The number of thiophene rings is 1. The van der Waals surface area contributed by atoms with Crippen LogP contribution in [0, 0.1) is 0 Å². The molecule has 0 saturated heterocycles. The van der Waals surface area contributed by atoms with Crippen molar-refractivity contribution in [1.82, 2.24) is 4.90 Å². The van der Waals surface area contributed by atoms with E-state index < -0.39 is 0 Å². The maximum Gasteiger partial charge on any atom is 0.264 e. The first-order chi connectivity index (χ1) is 7.91. The molecule has 1 aromatic carbocycles. The lowest BCUT2D eigenvalue weighted by Crippen LogP contribution is -2.20. The molecule has 1 heterocycles. The van der Waals surface area contributed by atoms with E-state index >= 15 is 0 Å². The molecule has 0 N–H and O–H groups in total. The number of carbonyl (C=O) groups is 1. The molecule has 2 nitrogen and oxygen atoms in total. The largest absolute Gasteiger partial charge is 0.344 e. The minimum atomic E-state index is -0.136. The van der Waals surface area contributed by atoms with Crippen molar-refractivity contribution in [3.05, 3.63) is 32.1 Å². The zero-order valence-corrected chi connectivity index (χ0v) is 12.1. The number of carbonyl (C=O) groups excluding carboxylic acids is 1. The van der Waals surface area contributed by atoms with Crippen LogP contribution in [0.2, 0.25) is 15.1 Å². The van der Waals surface area contributed by atoms with Crippen molar-refractivity contribution in [1.29, 1.82) is 0 Å². The van der Waals surface area contributed by atoms with E-state index in [1.165, 1.54) is 16.2 Å².